The molecule has 3 rings (SSSR count). The molecule has 0 saturated carbocycles. The van der Waals surface area contributed by atoms with Crippen molar-refractivity contribution in [2.24, 2.45) is 0 Å². The molecule has 0 bridgehead atoms. The Bertz CT molecular complexity index is 851. The summed E-state index contributed by atoms with van der Waals surface area (Å²) in [6.45, 7) is 2.01. The Morgan fingerprint density at radius 2 is 1.79 bits per heavy atom. The van der Waals surface area contributed by atoms with Gasteiger partial charge in [0.05, 0.1) is 6.10 Å². The molecule has 0 aliphatic carbocycles. The van der Waals surface area contributed by atoms with Crippen molar-refractivity contribution in [1.29, 1.82) is 5.26 Å². The molecule has 6 nitrogen and oxygen atoms in total. The van der Waals surface area contributed by atoms with Crippen LogP contribution >= 0.6 is 0 Å². The van der Waals surface area contributed by atoms with E-state index in [0.717, 1.165) is 30.8 Å². The van der Waals surface area contributed by atoms with Crippen LogP contribution in [0.2, 0.25) is 0 Å². The Kier molecular flexibility index (Phi) is 7.67. The first-order valence-corrected chi connectivity index (χ1v) is 9.67. The zero-order valence-electron chi connectivity index (χ0n) is 16.2. The van der Waals surface area contributed by atoms with Crippen LogP contribution in [-0.2, 0) is 9.53 Å². The normalized spacial score (nSPS) is 16.1. The molecule has 0 aromatic heterocycles. The Hall–Kier alpha value is -3.30. The number of benzene rings is 2. The molecule has 150 valence electrons. The van der Waals surface area contributed by atoms with E-state index in [-0.39, 0.29) is 17.6 Å². The van der Waals surface area contributed by atoms with Gasteiger partial charge in [0, 0.05) is 13.2 Å². The van der Waals surface area contributed by atoms with Gasteiger partial charge in [-0.2, -0.15) is 5.26 Å². The van der Waals surface area contributed by atoms with Crippen molar-refractivity contribution in [2.45, 2.75) is 18.9 Å². The lowest BCUT2D eigenvalue weighted by Crippen LogP contribution is -2.32. The van der Waals surface area contributed by atoms with Crippen LogP contribution in [0.3, 0.4) is 0 Å². The van der Waals surface area contributed by atoms with Crippen LogP contribution in [0.25, 0.3) is 6.08 Å². The van der Waals surface area contributed by atoms with Gasteiger partial charge in [-0.1, -0.05) is 30.3 Å². The number of hydrogen-bond acceptors (Lipinski definition) is 5. The predicted octanol–water partition coefficient (Wildman–Crippen LogP) is 3.35. The first kappa shape index (κ1) is 20.4. The predicted molar refractivity (Wildman–Crippen MR) is 109 cm³/mol. The second-order valence-corrected chi connectivity index (χ2v) is 6.59. The molecule has 1 saturated heterocycles. The van der Waals surface area contributed by atoms with Gasteiger partial charge >= 0.3 is 0 Å². The number of ether oxygens (including phenoxy) is 3. The second-order valence-electron chi connectivity index (χ2n) is 6.59. The molecule has 0 spiro atoms. The first-order chi connectivity index (χ1) is 14.2. The minimum absolute atomic E-state index is 0.0428. The Labute approximate surface area is 170 Å². The summed E-state index contributed by atoms with van der Waals surface area (Å²) in [5, 5.41) is 12.1. The molecule has 1 aliphatic heterocycles. The molecule has 1 N–H and O–H groups in total. The molecule has 2 aromatic rings. The molecular weight excluding hydrogens is 368 g/mol. The molecule has 0 radical (unpaired) electrons. The van der Waals surface area contributed by atoms with E-state index in [4.69, 9.17) is 14.2 Å². The summed E-state index contributed by atoms with van der Waals surface area (Å²) in [6, 6.07) is 18.7. The number of nitriles is 1. The van der Waals surface area contributed by atoms with Gasteiger partial charge in [0.15, 0.2) is 0 Å². The number of para-hydroxylation sites is 1. The van der Waals surface area contributed by atoms with Gasteiger partial charge in [0.25, 0.3) is 5.91 Å². The minimum atomic E-state index is -0.388. The zero-order chi connectivity index (χ0) is 20.3. The fourth-order valence-corrected chi connectivity index (χ4v) is 2.92. The maximum absolute atomic E-state index is 12.2. The molecule has 1 atom stereocenters. The fourth-order valence-electron chi connectivity index (χ4n) is 2.92. The summed E-state index contributed by atoms with van der Waals surface area (Å²) in [5.41, 5.74) is 0.814. The van der Waals surface area contributed by atoms with E-state index < -0.39 is 0 Å². The molecule has 29 heavy (non-hydrogen) atoms. The molecule has 1 heterocycles. The molecule has 1 aliphatic rings. The maximum Gasteiger partial charge on any atom is 0.262 e. The summed E-state index contributed by atoms with van der Waals surface area (Å²) < 4.78 is 16.7. The Balaban J connectivity index is 1.46. The third-order valence-corrected chi connectivity index (χ3v) is 4.43. The summed E-state index contributed by atoms with van der Waals surface area (Å²) in [4.78, 5) is 12.2. The van der Waals surface area contributed by atoms with Crippen molar-refractivity contribution in [3.63, 3.8) is 0 Å². The van der Waals surface area contributed by atoms with Crippen LogP contribution in [0.4, 0.5) is 0 Å². The van der Waals surface area contributed by atoms with Gasteiger partial charge in [-0.05, 0) is 48.7 Å². The minimum Gasteiger partial charge on any atom is -0.490 e. The Morgan fingerprint density at radius 1 is 1.10 bits per heavy atom. The van der Waals surface area contributed by atoms with E-state index in [1.165, 1.54) is 0 Å². The van der Waals surface area contributed by atoms with Crippen molar-refractivity contribution in [2.75, 3.05) is 26.4 Å². The highest BCUT2D eigenvalue weighted by Crippen LogP contribution is 2.15. The lowest BCUT2D eigenvalue weighted by molar-refractivity contribution is -0.117. The van der Waals surface area contributed by atoms with Crippen molar-refractivity contribution < 1.29 is 19.0 Å². The number of amides is 1. The number of nitrogens with zero attached hydrogens (tertiary/aromatic N) is 1. The van der Waals surface area contributed by atoms with Gasteiger partial charge in [-0.15, -0.1) is 0 Å². The maximum atomic E-state index is 12.2. The summed E-state index contributed by atoms with van der Waals surface area (Å²) in [7, 11) is 0. The van der Waals surface area contributed by atoms with Gasteiger partial charge in [-0.3, -0.25) is 4.79 Å². The number of carbonyl (C=O) groups excluding carboxylic acids is 1. The topological polar surface area (TPSA) is 80.6 Å². The number of hydrogen-bond donors (Lipinski definition) is 1. The molecular formula is C23H24N2O4. The van der Waals surface area contributed by atoms with Gasteiger partial charge in [-0.25, -0.2) is 0 Å². The van der Waals surface area contributed by atoms with E-state index >= 15 is 0 Å². The number of rotatable bonds is 9. The van der Waals surface area contributed by atoms with Crippen LogP contribution in [0.15, 0.2) is 60.2 Å². The lowest BCUT2D eigenvalue weighted by atomic mass is 10.1. The third kappa shape index (κ3) is 6.66. The number of nitrogens with one attached hydrogen (secondary N) is 1. The zero-order valence-corrected chi connectivity index (χ0v) is 16.2. The van der Waals surface area contributed by atoms with Crippen LogP contribution in [-0.4, -0.2) is 38.4 Å². The van der Waals surface area contributed by atoms with Crippen molar-refractivity contribution in [1.82, 2.24) is 5.32 Å². The van der Waals surface area contributed by atoms with Gasteiger partial charge in [0.1, 0.15) is 36.4 Å². The van der Waals surface area contributed by atoms with Crippen LogP contribution in [0.1, 0.15) is 18.4 Å². The summed E-state index contributed by atoms with van der Waals surface area (Å²) in [6.07, 6.45) is 3.55. The largest absolute Gasteiger partial charge is 0.490 e. The molecule has 2 aromatic carbocycles. The Morgan fingerprint density at radius 3 is 2.41 bits per heavy atom. The van der Waals surface area contributed by atoms with Crippen molar-refractivity contribution in [3.8, 4) is 17.6 Å². The summed E-state index contributed by atoms with van der Waals surface area (Å²) in [5.74, 6) is 1.11. The lowest BCUT2D eigenvalue weighted by Gasteiger charge is -2.10. The number of carbonyl (C=O) groups is 1. The van der Waals surface area contributed by atoms with E-state index in [2.05, 4.69) is 5.32 Å². The average molecular weight is 392 g/mol. The van der Waals surface area contributed by atoms with Gasteiger partial charge in [0.2, 0.25) is 0 Å². The van der Waals surface area contributed by atoms with Gasteiger partial charge < -0.3 is 19.5 Å². The molecule has 1 fully saturated rings. The average Bonchev–Trinajstić information content (AvgIpc) is 3.29. The first-order valence-electron chi connectivity index (χ1n) is 9.67. The van der Waals surface area contributed by atoms with Crippen LogP contribution in [0, 0.1) is 11.3 Å². The molecule has 1 amide bonds. The third-order valence-electron chi connectivity index (χ3n) is 4.43. The highest BCUT2D eigenvalue weighted by molar-refractivity contribution is 6.01. The standard InChI is InChI=1S/C23H24N2O4/c24-16-19(23(26)25-17-22-7-4-12-27-22)15-18-8-10-21(11-9-18)29-14-13-28-20-5-2-1-3-6-20/h1-3,5-6,8-11,15,22H,4,7,12-14,17H2,(H,25,26)/b19-15+/t22-/m1/s1. The van der Waals surface area contributed by atoms with E-state index in [0.29, 0.717) is 25.5 Å². The molecule has 6 heteroatoms. The highest BCUT2D eigenvalue weighted by atomic mass is 16.5. The van der Waals surface area contributed by atoms with E-state index in [1.807, 2.05) is 36.4 Å². The summed E-state index contributed by atoms with van der Waals surface area (Å²) >= 11 is 0. The quantitative estimate of drug-likeness (QED) is 0.402. The monoisotopic (exact) mass is 392 g/mol. The second kappa shape index (κ2) is 10.9. The fraction of sp³-hybridized carbons (Fsp3) is 0.304. The van der Waals surface area contributed by atoms with Crippen molar-refractivity contribution in [3.05, 3.63) is 65.7 Å². The van der Waals surface area contributed by atoms with E-state index in [9.17, 15) is 10.1 Å². The van der Waals surface area contributed by atoms with Crippen LogP contribution < -0.4 is 14.8 Å². The smallest absolute Gasteiger partial charge is 0.262 e. The molecule has 0 unspecified atom stereocenters. The SMILES string of the molecule is N#C/C(=C\c1ccc(OCCOc2ccccc2)cc1)C(=O)NC[C@H]1CCCO1. The van der Waals surface area contributed by atoms with Crippen molar-refractivity contribution >= 4 is 12.0 Å². The van der Waals surface area contributed by atoms with E-state index in [1.54, 1.807) is 30.3 Å². The highest BCUT2D eigenvalue weighted by Gasteiger charge is 2.17. The van der Waals surface area contributed by atoms with Crippen LogP contribution in [0.5, 0.6) is 11.5 Å².